The molecule has 1 saturated heterocycles. The summed E-state index contributed by atoms with van der Waals surface area (Å²) in [5.41, 5.74) is 2.58. The van der Waals surface area contributed by atoms with Crippen LogP contribution in [0.3, 0.4) is 0 Å². The summed E-state index contributed by atoms with van der Waals surface area (Å²) in [5.74, 6) is 0.0833. The monoisotopic (exact) mass is 353 g/mol. The lowest BCUT2D eigenvalue weighted by molar-refractivity contribution is 0.0689. The van der Waals surface area contributed by atoms with Crippen LogP contribution in [0.2, 0.25) is 0 Å². The minimum Gasteiger partial charge on any atom is -0.393 e. The van der Waals surface area contributed by atoms with E-state index in [1.807, 2.05) is 46.2 Å². The Bertz CT molecular complexity index is 905. The lowest BCUT2D eigenvalue weighted by Crippen LogP contribution is -2.39. The van der Waals surface area contributed by atoms with Crippen molar-refractivity contribution < 1.29 is 9.90 Å². The summed E-state index contributed by atoms with van der Waals surface area (Å²) in [4.78, 5) is 17.8. The smallest absolute Gasteiger partial charge is 0.253 e. The predicted octanol–water partition coefficient (Wildman–Crippen LogP) is 2.16. The molecule has 1 atom stereocenters. The summed E-state index contributed by atoms with van der Waals surface area (Å²) >= 11 is 0. The number of hydrogen-bond acceptors (Lipinski definition) is 4. The number of aliphatic hydroxyl groups is 1. The molecule has 0 radical (unpaired) electrons. The van der Waals surface area contributed by atoms with Gasteiger partial charge in [0.15, 0.2) is 0 Å². The Balaban J connectivity index is 1.39. The van der Waals surface area contributed by atoms with Crippen LogP contribution in [0.25, 0.3) is 10.9 Å². The Hall–Kier alpha value is -2.67. The van der Waals surface area contributed by atoms with E-state index in [1.54, 1.807) is 6.92 Å². The number of aromatic amines is 1. The molecular weight excluding hydrogens is 330 g/mol. The highest BCUT2D eigenvalue weighted by Crippen LogP contribution is 2.24. The van der Waals surface area contributed by atoms with Crippen molar-refractivity contribution in [1.82, 2.24) is 24.9 Å². The fourth-order valence-corrected chi connectivity index (χ4v) is 3.59. The second-order valence-electron chi connectivity index (χ2n) is 7.05. The fraction of sp³-hybridized carbons (Fsp3) is 0.421. The van der Waals surface area contributed by atoms with Crippen LogP contribution in [0.15, 0.2) is 36.7 Å². The quantitative estimate of drug-likeness (QED) is 0.752. The maximum Gasteiger partial charge on any atom is 0.253 e. The first-order chi connectivity index (χ1) is 12.6. The third-order valence-corrected chi connectivity index (χ3v) is 4.99. The largest absolute Gasteiger partial charge is 0.393 e. The number of fused-ring (bicyclic) bond motifs is 1. The van der Waals surface area contributed by atoms with Gasteiger partial charge in [0.2, 0.25) is 0 Å². The number of carbonyl (C=O) groups is 1. The Morgan fingerprint density at radius 2 is 2.15 bits per heavy atom. The van der Waals surface area contributed by atoms with E-state index < -0.39 is 6.10 Å². The first-order valence-electron chi connectivity index (χ1n) is 9.05. The minimum absolute atomic E-state index is 0.0833. The van der Waals surface area contributed by atoms with Crippen LogP contribution in [-0.4, -0.2) is 55.1 Å². The van der Waals surface area contributed by atoms with Gasteiger partial charge in [-0.3, -0.25) is 4.79 Å². The first-order valence-corrected chi connectivity index (χ1v) is 9.05. The molecule has 0 spiro atoms. The molecule has 7 nitrogen and oxygen atoms in total. The van der Waals surface area contributed by atoms with Crippen molar-refractivity contribution in [2.45, 2.75) is 38.3 Å². The van der Waals surface area contributed by atoms with E-state index in [1.165, 1.54) is 0 Å². The SMILES string of the molecule is CC(O)Cc1cn(C2CCN(C(=O)c3ccc4[nH]ccc4c3)CC2)nn1. The molecule has 1 amide bonds. The zero-order valence-electron chi connectivity index (χ0n) is 14.8. The molecule has 3 aromatic rings. The van der Waals surface area contributed by atoms with Crippen LogP contribution >= 0.6 is 0 Å². The van der Waals surface area contributed by atoms with Gasteiger partial charge in [0.1, 0.15) is 0 Å². The Labute approximate surface area is 151 Å². The van der Waals surface area contributed by atoms with Gasteiger partial charge in [-0.25, -0.2) is 4.68 Å². The Kier molecular flexibility index (Phi) is 4.46. The highest BCUT2D eigenvalue weighted by atomic mass is 16.3. The number of hydrogen-bond donors (Lipinski definition) is 2. The highest BCUT2D eigenvalue weighted by molar-refractivity contribution is 5.98. The average molecular weight is 353 g/mol. The van der Waals surface area contributed by atoms with Crippen molar-refractivity contribution in [3.8, 4) is 0 Å². The molecule has 1 aromatic carbocycles. The Morgan fingerprint density at radius 3 is 2.92 bits per heavy atom. The number of nitrogens with one attached hydrogen (secondary N) is 1. The number of carbonyl (C=O) groups excluding carboxylic acids is 1. The maximum absolute atomic E-state index is 12.8. The zero-order chi connectivity index (χ0) is 18.1. The number of amides is 1. The van der Waals surface area contributed by atoms with Crippen LogP contribution in [-0.2, 0) is 6.42 Å². The summed E-state index contributed by atoms with van der Waals surface area (Å²) < 4.78 is 1.88. The standard InChI is InChI=1S/C19H23N5O2/c1-13(25)10-16-12-24(22-21-16)17-5-8-23(9-6-17)19(26)15-2-3-18-14(11-15)4-7-20-18/h2-4,7,11-13,17,20,25H,5-6,8-10H2,1H3. The van der Waals surface area contributed by atoms with Crippen LogP contribution in [0.4, 0.5) is 0 Å². The van der Waals surface area contributed by atoms with Gasteiger partial charge in [-0.05, 0) is 44.0 Å². The predicted molar refractivity (Wildman–Crippen MR) is 97.9 cm³/mol. The van der Waals surface area contributed by atoms with Crippen molar-refractivity contribution in [3.05, 3.63) is 47.9 Å². The van der Waals surface area contributed by atoms with E-state index in [0.29, 0.717) is 19.5 Å². The van der Waals surface area contributed by atoms with Gasteiger partial charge in [-0.15, -0.1) is 5.10 Å². The first kappa shape index (κ1) is 16.8. The van der Waals surface area contributed by atoms with E-state index >= 15 is 0 Å². The molecule has 0 bridgehead atoms. The molecule has 1 fully saturated rings. The van der Waals surface area contributed by atoms with Gasteiger partial charge in [0.25, 0.3) is 5.91 Å². The number of nitrogens with zero attached hydrogens (tertiary/aromatic N) is 4. The molecule has 1 unspecified atom stereocenters. The van der Waals surface area contributed by atoms with Gasteiger partial charge in [0, 0.05) is 48.4 Å². The van der Waals surface area contributed by atoms with Crippen molar-refractivity contribution in [3.63, 3.8) is 0 Å². The summed E-state index contributed by atoms with van der Waals surface area (Å²) in [5, 5.41) is 18.8. The number of aliphatic hydroxyl groups excluding tert-OH is 1. The normalized spacial score (nSPS) is 16.9. The lowest BCUT2D eigenvalue weighted by atomic mass is 10.0. The molecule has 1 aliphatic heterocycles. The summed E-state index contributed by atoms with van der Waals surface area (Å²) in [6, 6.07) is 8.01. The molecule has 2 N–H and O–H groups in total. The molecule has 0 saturated carbocycles. The summed E-state index contributed by atoms with van der Waals surface area (Å²) in [7, 11) is 0. The minimum atomic E-state index is -0.419. The molecular formula is C19H23N5O2. The Morgan fingerprint density at radius 1 is 1.35 bits per heavy atom. The topological polar surface area (TPSA) is 87.0 Å². The molecule has 136 valence electrons. The molecule has 0 aliphatic carbocycles. The summed E-state index contributed by atoms with van der Waals surface area (Å²) in [6.07, 6.45) is 5.60. The highest BCUT2D eigenvalue weighted by Gasteiger charge is 2.25. The van der Waals surface area contributed by atoms with E-state index in [2.05, 4.69) is 15.3 Å². The molecule has 3 heterocycles. The lowest BCUT2D eigenvalue weighted by Gasteiger charge is -2.32. The number of benzene rings is 1. The van der Waals surface area contributed by atoms with Crippen molar-refractivity contribution in [1.29, 1.82) is 0 Å². The third kappa shape index (κ3) is 3.35. The average Bonchev–Trinajstić information content (AvgIpc) is 3.29. The van der Waals surface area contributed by atoms with Gasteiger partial charge in [0.05, 0.1) is 17.8 Å². The van der Waals surface area contributed by atoms with Crippen LogP contribution < -0.4 is 0 Å². The number of rotatable bonds is 4. The second-order valence-corrected chi connectivity index (χ2v) is 7.05. The molecule has 26 heavy (non-hydrogen) atoms. The number of piperidine rings is 1. The van der Waals surface area contributed by atoms with Crippen LogP contribution in [0.5, 0.6) is 0 Å². The molecule has 2 aromatic heterocycles. The van der Waals surface area contributed by atoms with E-state index in [4.69, 9.17) is 0 Å². The van der Waals surface area contributed by atoms with E-state index in [0.717, 1.165) is 35.0 Å². The van der Waals surface area contributed by atoms with Crippen molar-refractivity contribution in [2.24, 2.45) is 0 Å². The van der Waals surface area contributed by atoms with Crippen LogP contribution in [0, 0.1) is 0 Å². The fourth-order valence-electron chi connectivity index (χ4n) is 3.59. The van der Waals surface area contributed by atoms with Gasteiger partial charge in [-0.2, -0.15) is 0 Å². The molecule has 4 rings (SSSR count). The second kappa shape index (κ2) is 6.92. The van der Waals surface area contributed by atoms with Crippen LogP contribution in [0.1, 0.15) is 41.9 Å². The van der Waals surface area contributed by atoms with E-state index in [9.17, 15) is 9.90 Å². The van der Waals surface area contributed by atoms with E-state index in [-0.39, 0.29) is 11.9 Å². The molecule has 7 heteroatoms. The summed E-state index contributed by atoms with van der Waals surface area (Å²) in [6.45, 7) is 3.16. The maximum atomic E-state index is 12.8. The number of likely N-dealkylation sites (tertiary alicyclic amines) is 1. The van der Waals surface area contributed by atoms with Gasteiger partial charge in [-0.1, -0.05) is 5.21 Å². The molecule has 1 aliphatic rings. The van der Waals surface area contributed by atoms with Gasteiger partial charge >= 0.3 is 0 Å². The van der Waals surface area contributed by atoms with Gasteiger partial charge < -0.3 is 15.0 Å². The third-order valence-electron chi connectivity index (χ3n) is 4.99. The number of aromatic nitrogens is 4. The van der Waals surface area contributed by atoms with Crippen molar-refractivity contribution >= 4 is 16.8 Å². The number of H-pyrrole nitrogens is 1. The van der Waals surface area contributed by atoms with Crippen molar-refractivity contribution in [2.75, 3.05) is 13.1 Å². The zero-order valence-corrected chi connectivity index (χ0v) is 14.8.